The van der Waals surface area contributed by atoms with Crippen molar-refractivity contribution in [3.63, 3.8) is 0 Å². The molecule has 1 fully saturated rings. The standard InChI is InChI=1S/C16H17NO2/c1-3-16(18)15-9-12(10-4-5-10)13-8-11(19-2)6-7-14(13)17-15/h6-10H,3-5H2,1-2H3. The number of methoxy groups -OCH3 is 1. The molecule has 1 aromatic carbocycles. The zero-order valence-corrected chi connectivity index (χ0v) is 11.3. The molecule has 1 saturated carbocycles. The van der Waals surface area contributed by atoms with E-state index in [0.717, 1.165) is 16.7 Å². The second-order valence-electron chi connectivity index (χ2n) is 5.03. The van der Waals surface area contributed by atoms with Crippen LogP contribution in [0.15, 0.2) is 24.3 Å². The fraction of sp³-hybridized carbons (Fsp3) is 0.375. The molecule has 3 heteroatoms. The number of pyridine rings is 1. The summed E-state index contributed by atoms with van der Waals surface area (Å²) in [6.45, 7) is 1.87. The SMILES string of the molecule is CCC(=O)c1cc(C2CC2)c2cc(OC)ccc2n1. The summed E-state index contributed by atoms with van der Waals surface area (Å²) in [4.78, 5) is 16.4. The first-order valence-corrected chi connectivity index (χ1v) is 6.74. The van der Waals surface area contributed by atoms with Crippen molar-refractivity contribution in [3.8, 4) is 5.75 Å². The monoisotopic (exact) mass is 255 g/mol. The molecule has 0 aliphatic heterocycles. The maximum absolute atomic E-state index is 11.9. The van der Waals surface area contributed by atoms with Crippen LogP contribution in [-0.4, -0.2) is 17.9 Å². The number of ether oxygens (including phenoxy) is 1. The van der Waals surface area contributed by atoms with Crippen molar-refractivity contribution in [1.82, 2.24) is 4.98 Å². The topological polar surface area (TPSA) is 39.2 Å². The van der Waals surface area contributed by atoms with Crippen molar-refractivity contribution in [3.05, 3.63) is 35.5 Å². The molecule has 1 aliphatic carbocycles. The molecular formula is C16H17NO2. The van der Waals surface area contributed by atoms with Gasteiger partial charge in [0.2, 0.25) is 0 Å². The lowest BCUT2D eigenvalue weighted by Gasteiger charge is -2.09. The van der Waals surface area contributed by atoms with Gasteiger partial charge in [-0.1, -0.05) is 6.92 Å². The van der Waals surface area contributed by atoms with Gasteiger partial charge in [0.25, 0.3) is 0 Å². The molecule has 0 unspecified atom stereocenters. The van der Waals surface area contributed by atoms with Crippen molar-refractivity contribution in [1.29, 1.82) is 0 Å². The first-order chi connectivity index (χ1) is 9.22. The molecule has 1 aliphatic rings. The number of hydrogen-bond acceptors (Lipinski definition) is 3. The zero-order valence-electron chi connectivity index (χ0n) is 11.3. The molecule has 0 N–H and O–H groups in total. The van der Waals surface area contributed by atoms with Gasteiger partial charge in [-0.25, -0.2) is 4.98 Å². The lowest BCUT2D eigenvalue weighted by Crippen LogP contribution is -2.02. The van der Waals surface area contributed by atoms with Gasteiger partial charge in [-0.05, 0) is 48.6 Å². The predicted molar refractivity (Wildman–Crippen MR) is 74.9 cm³/mol. The molecule has 3 nitrogen and oxygen atoms in total. The average molecular weight is 255 g/mol. The molecule has 0 radical (unpaired) electrons. The van der Waals surface area contributed by atoms with Crippen LogP contribution in [-0.2, 0) is 0 Å². The lowest BCUT2D eigenvalue weighted by molar-refractivity contribution is 0.0983. The van der Waals surface area contributed by atoms with E-state index < -0.39 is 0 Å². The van der Waals surface area contributed by atoms with Crippen LogP contribution < -0.4 is 4.74 Å². The maximum Gasteiger partial charge on any atom is 0.180 e. The number of fused-ring (bicyclic) bond motifs is 1. The number of nitrogens with zero attached hydrogens (tertiary/aromatic N) is 1. The number of rotatable bonds is 4. The van der Waals surface area contributed by atoms with E-state index in [4.69, 9.17) is 4.74 Å². The lowest BCUT2D eigenvalue weighted by atomic mass is 10.0. The number of Topliss-reactive ketones (excluding diaryl/α,β-unsaturated/α-hetero) is 1. The smallest absolute Gasteiger partial charge is 0.180 e. The first kappa shape index (κ1) is 12.2. The number of carbonyl (C=O) groups excluding carboxylic acids is 1. The summed E-state index contributed by atoms with van der Waals surface area (Å²) in [5.74, 6) is 1.53. The van der Waals surface area contributed by atoms with Gasteiger partial charge in [0, 0.05) is 11.8 Å². The van der Waals surface area contributed by atoms with Crippen LogP contribution in [0.4, 0.5) is 0 Å². The van der Waals surface area contributed by atoms with Crippen LogP contribution in [0, 0.1) is 0 Å². The van der Waals surface area contributed by atoms with Gasteiger partial charge in [0.1, 0.15) is 11.4 Å². The Labute approximate surface area is 112 Å². The summed E-state index contributed by atoms with van der Waals surface area (Å²) < 4.78 is 5.28. The molecular weight excluding hydrogens is 238 g/mol. The third-order valence-corrected chi connectivity index (χ3v) is 3.67. The molecule has 0 bridgehead atoms. The number of ketones is 1. The minimum absolute atomic E-state index is 0.111. The Hall–Kier alpha value is -1.90. The van der Waals surface area contributed by atoms with Crippen LogP contribution in [0.1, 0.15) is 48.2 Å². The van der Waals surface area contributed by atoms with E-state index in [0.29, 0.717) is 18.0 Å². The van der Waals surface area contributed by atoms with Gasteiger partial charge in [0.05, 0.1) is 12.6 Å². The largest absolute Gasteiger partial charge is 0.497 e. The molecule has 98 valence electrons. The fourth-order valence-electron chi connectivity index (χ4n) is 2.41. The van der Waals surface area contributed by atoms with Crippen LogP contribution >= 0.6 is 0 Å². The molecule has 19 heavy (non-hydrogen) atoms. The normalized spacial score (nSPS) is 14.6. The molecule has 1 heterocycles. The van der Waals surface area contributed by atoms with Crippen molar-refractivity contribution in [2.45, 2.75) is 32.1 Å². The van der Waals surface area contributed by atoms with Crippen molar-refractivity contribution in [2.24, 2.45) is 0 Å². The van der Waals surface area contributed by atoms with E-state index in [1.807, 2.05) is 31.2 Å². The Kier molecular flexibility index (Phi) is 2.97. The summed E-state index contributed by atoms with van der Waals surface area (Å²) in [5, 5.41) is 1.12. The first-order valence-electron chi connectivity index (χ1n) is 6.74. The third kappa shape index (κ3) is 2.21. The van der Waals surface area contributed by atoms with Crippen LogP contribution in [0.3, 0.4) is 0 Å². The average Bonchev–Trinajstić information content (AvgIpc) is 3.29. The van der Waals surface area contributed by atoms with Crippen molar-refractivity contribution in [2.75, 3.05) is 7.11 Å². The van der Waals surface area contributed by atoms with Gasteiger partial charge in [0.15, 0.2) is 5.78 Å². The number of hydrogen-bond donors (Lipinski definition) is 0. The van der Waals surface area contributed by atoms with Crippen molar-refractivity contribution < 1.29 is 9.53 Å². The van der Waals surface area contributed by atoms with E-state index >= 15 is 0 Å². The summed E-state index contributed by atoms with van der Waals surface area (Å²) in [6.07, 6.45) is 2.91. The Morgan fingerprint density at radius 1 is 1.37 bits per heavy atom. The molecule has 0 spiro atoms. The Bertz CT molecular complexity index is 644. The van der Waals surface area contributed by atoms with E-state index in [1.165, 1.54) is 18.4 Å². The van der Waals surface area contributed by atoms with E-state index in [1.54, 1.807) is 7.11 Å². The van der Waals surface area contributed by atoms with Gasteiger partial charge in [-0.3, -0.25) is 4.79 Å². The zero-order chi connectivity index (χ0) is 13.4. The van der Waals surface area contributed by atoms with Crippen LogP contribution in [0.5, 0.6) is 5.75 Å². The summed E-state index contributed by atoms with van der Waals surface area (Å²) >= 11 is 0. The highest BCUT2D eigenvalue weighted by Crippen LogP contribution is 2.43. The summed E-state index contributed by atoms with van der Waals surface area (Å²) in [6, 6.07) is 7.83. The van der Waals surface area contributed by atoms with Crippen LogP contribution in [0.2, 0.25) is 0 Å². The van der Waals surface area contributed by atoms with Gasteiger partial charge in [-0.2, -0.15) is 0 Å². The highest BCUT2D eigenvalue weighted by Gasteiger charge is 2.27. The number of benzene rings is 1. The Morgan fingerprint density at radius 2 is 2.16 bits per heavy atom. The fourth-order valence-corrected chi connectivity index (χ4v) is 2.41. The number of aromatic nitrogens is 1. The summed E-state index contributed by atoms with van der Waals surface area (Å²) in [7, 11) is 1.67. The number of carbonyl (C=O) groups is 1. The third-order valence-electron chi connectivity index (χ3n) is 3.67. The highest BCUT2D eigenvalue weighted by atomic mass is 16.5. The minimum atomic E-state index is 0.111. The summed E-state index contributed by atoms with van der Waals surface area (Å²) in [5.41, 5.74) is 2.74. The van der Waals surface area contributed by atoms with E-state index in [2.05, 4.69) is 4.98 Å². The quantitative estimate of drug-likeness (QED) is 0.782. The molecule has 1 aromatic heterocycles. The molecule has 3 rings (SSSR count). The molecule has 0 amide bonds. The van der Waals surface area contributed by atoms with Crippen molar-refractivity contribution >= 4 is 16.7 Å². The molecule has 0 atom stereocenters. The van der Waals surface area contributed by atoms with Gasteiger partial charge < -0.3 is 4.74 Å². The Balaban J connectivity index is 2.21. The van der Waals surface area contributed by atoms with E-state index in [9.17, 15) is 4.79 Å². The minimum Gasteiger partial charge on any atom is -0.497 e. The van der Waals surface area contributed by atoms with Gasteiger partial charge in [-0.15, -0.1) is 0 Å². The Morgan fingerprint density at radius 3 is 2.79 bits per heavy atom. The maximum atomic E-state index is 11.9. The molecule has 2 aromatic rings. The van der Waals surface area contributed by atoms with E-state index in [-0.39, 0.29) is 5.78 Å². The molecule has 0 saturated heterocycles. The highest BCUT2D eigenvalue weighted by molar-refractivity contribution is 5.97. The predicted octanol–water partition coefficient (Wildman–Crippen LogP) is 3.71. The second-order valence-corrected chi connectivity index (χ2v) is 5.03. The second kappa shape index (κ2) is 4.65. The van der Waals surface area contributed by atoms with Crippen LogP contribution in [0.25, 0.3) is 10.9 Å². The van der Waals surface area contributed by atoms with Gasteiger partial charge >= 0.3 is 0 Å².